The van der Waals surface area contributed by atoms with Crippen molar-refractivity contribution in [2.24, 2.45) is 0 Å². The van der Waals surface area contributed by atoms with Gasteiger partial charge in [-0.25, -0.2) is 13.2 Å². The molecule has 0 unspecified atom stereocenters. The summed E-state index contributed by atoms with van der Waals surface area (Å²) in [6, 6.07) is 11.6. The number of imide groups is 1. The molecule has 0 spiro atoms. The number of amides is 4. The molecule has 3 aromatic carbocycles. The number of carbonyl (C=O) groups is 4. The van der Waals surface area contributed by atoms with Crippen LogP contribution >= 0.6 is 11.8 Å². The van der Waals surface area contributed by atoms with E-state index in [-0.39, 0.29) is 28.9 Å². The molecule has 1 aliphatic heterocycles. The Hall–Kier alpha value is -4.78. The van der Waals surface area contributed by atoms with Crippen LogP contribution in [0.25, 0.3) is 6.08 Å². The minimum Gasteiger partial charge on any atom is -0.493 e. The summed E-state index contributed by atoms with van der Waals surface area (Å²) in [6.07, 6.45) is 1.40. The molecule has 0 aliphatic carbocycles. The molecule has 1 saturated heterocycles. The molecule has 3 aromatic rings. The summed E-state index contributed by atoms with van der Waals surface area (Å²) in [5.74, 6) is -6.45. The van der Waals surface area contributed by atoms with Gasteiger partial charge in [0.25, 0.3) is 17.1 Å². The van der Waals surface area contributed by atoms with Gasteiger partial charge < -0.3 is 20.1 Å². The number of ether oxygens (including phenoxy) is 2. The van der Waals surface area contributed by atoms with Crippen LogP contribution in [0.2, 0.25) is 0 Å². The van der Waals surface area contributed by atoms with E-state index in [0.717, 1.165) is 17.2 Å². The zero-order valence-corrected chi connectivity index (χ0v) is 23.4. The number of hydrogen-bond donors (Lipinski definition) is 2. The van der Waals surface area contributed by atoms with Crippen molar-refractivity contribution < 1.29 is 41.8 Å². The number of benzene rings is 3. The standard InChI is InChI=1S/C29H24F3N3O6S/c1-15-4-6-18(10-16(15)2)33-25(37)14-41-21-9-5-17(11-22(21)40-3)12-23-28(38)35(29(39)42-23)13-24(36)34-20-8-7-19(30)26(31)27(20)32/h4-12H,13-14H2,1-3H3,(H,33,37)(H,34,36)/b23-12+. The number of anilines is 2. The second-order valence-corrected chi connectivity index (χ2v) is 10.1. The number of carbonyl (C=O) groups excluding carboxylic acids is 4. The Morgan fingerprint density at radius 2 is 1.67 bits per heavy atom. The molecule has 4 amide bonds. The predicted molar refractivity (Wildman–Crippen MR) is 151 cm³/mol. The van der Waals surface area contributed by atoms with Gasteiger partial charge in [-0.15, -0.1) is 0 Å². The van der Waals surface area contributed by atoms with Gasteiger partial charge in [0.2, 0.25) is 5.91 Å². The SMILES string of the molecule is COc1cc(/C=C2/SC(=O)N(CC(=O)Nc3ccc(F)c(F)c3F)C2=O)ccc1OCC(=O)Nc1ccc(C)c(C)c1. The first-order valence-electron chi connectivity index (χ1n) is 12.3. The summed E-state index contributed by atoms with van der Waals surface area (Å²) >= 11 is 0.577. The van der Waals surface area contributed by atoms with Crippen LogP contribution in [0.3, 0.4) is 0 Å². The van der Waals surface area contributed by atoms with E-state index < -0.39 is 46.7 Å². The summed E-state index contributed by atoms with van der Waals surface area (Å²) in [7, 11) is 1.39. The molecule has 0 atom stereocenters. The first kappa shape index (κ1) is 30.2. The van der Waals surface area contributed by atoms with Gasteiger partial charge in [-0.2, -0.15) is 0 Å². The summed E-state index contributed by atoms with van der Waals surface area (Å²) < 4.78 is 51.3. The number of halogens is 3. The smallest absolute Gasteiger partial charge is 0.294 e. The lowest BCUT2D eigenvalue weighted by Crippen LogP contribution is -2.36. The fourth-order valence-electron chi connectivity index (χ4n) is 3.80. The van der Waals surface area contributed by atoms with Crippen LogP contribution in [-0.2, 0) is 14.4 Å². The highest BCUT2D eigenvalue weighted by atomic mass is 32.2. The van der Waals surface area contributed by atoms with Crippen LogP contribution in [0.4, 0.5) is 29.3 Å². The van der Waals surface area contributed by atoms with Crippen LogP contribution in [0, 0.1) is 31.3 Å². The third kappa shape index (κ3) is 6.92. The summed E-state index contributed by atoms with van der Waals surface area (Å²) in [6.45, 7) is 2.83. The van der Waals surface area contributed by atoms with E-state index in [1.165, 1.54) is 25.3 Å². The molecule has 0 saturated carbocycles. The molecule has 0 bridgehead atoms. The molecule has 0 radical (unpaired) electrons. The number of nitrogens with zero attached hydrogens (tertiary/aromatic N) is 1. The number of nitrogens with one attached hydrogen (secondary N) is 2. The van der Waals surface area contributed by atoms with Gasteiger partial charge in [0, 0.05) is 5.69 Å². The van der Waals surface area contributed by atoms with E-state index >= 15 is 0 Å². The van der Waals surface area contributed by atoms with Gasteiger partial charge in [0.05, 0.1) is 17.7 Å². The fraction of sp³-hybridized carbons (Fsp3) is 0.172. The number of thioether (sulfide) groups is 1. The second kappa shape index (κ2) is 12.8. The summed E-state index contributed by atoms with van der Waals surface area (Å²) in [4.78, 5) is 50.5. The minimum absolute atomic E-state index is 0.00435. The number of methoxy groups -OCH3 is 1. The van der Waals surface area contributed by atoms with Gasteiger partial charge in [0.15, 0.2) is 35.6 Å². The van der Waals surface area contributed by atoms with E-state index in [4.69, 9.17) is 9.47 Å². The van der Waals surface area contributed by atoms with E-state index in [1.807, 2.05) is 31.3 Å². The largest absolute Gasteiger partial charge is 0.493 e. The average molecular weight is 600 g/mol. The summed E-state index contributed by atoms with van der Waals surface area (Å²) in [5.41, 5.74) is 2.58. The quantitative estimate of drug-likeness (QED) is 0.249. The van der Waals surface area contributed by atoms with E-state index in [1.54, 1.807) is 12.1 Å². The van der Waals surface area contributed by atoms with Crippen LogP contribution in [-0.4, -0.2) is 48.1 Å². The Kier molecular flexibility index (Phi) is 9.21. The molecule has 1 aliphatic rings. The number of rotatable bonds is 9. The van der Waals surface area contributed by atoms with Gasteiger partial charge in [-0.3, -0.25) is 24.1 Å². The second-order valence-electron chi connectivity index (χ2n) is 9.09. The van der Waals surface area contributed by atoms with Crippen LogP contribution < -0.4 is 20.1 Å². The van der Waals surface area contributed by atoms with Crippen LogP contribution in [0.5, 0.6) is 11.5 Å². The molecule has 13 heteroatoms. The zero-order chi connectivity index (χ0) is 30.6. The van der Waals surface area contributed by atoms with Gasteiger partial charge in [-0.1, -0.05) is 12.1 Å². The first-order chi connectivity index (χ1) is 20.0. The maximum absolute atomic E-state index is 13.9. The third-order valence-corrected chi connectivity index (χ3v) is 7.03. The van der Waals surface area contributed by atoms with Crippen molar-refractivity contribution in [3.05, 3.63) is 87.6 Å². The Balaban J connectivity index is 1.39. The maximum Gasteiger partial charge on any atom is 0.294 e. The molecule has 1 fully saturated rings. The zero-order valence-electron chi connectivity index (χ0n) is 22.5. The maximum atomic E-state index is 13.9. The lowest BCUT2D eigenvalue weighted by molar-refractivity contribution is -0.127. The Bertz CT molecular complexity index is 1630. The highest BCUT2D eigenvalue weighted by molar-refractivity contribution is 8.18. The number of aryl methyl sites for hydroxylation is 2. The van der Waals surface area contributed by atoms with Crippen molar-refractivity contribution in [2.75, 3.05) is 30.9 Å². The molecule has 0 aromatic heterocycles. The van der Waals surface area contributed by atoms with Gasteiger partial charge >= 0.3 is 0 Å². The highest BCUT2D eigenvalue weighted by Crippen LogP contribution is 2.34. The van der Waals surface area contributed by atoms with E-state index in [2.05, 4.69) is 5.32 Å². The van der Waals surface area contributed by atoms with Crippen molar-refractivity contribution in [2.45, 2.75) is 13.8 Å². The van der Waals surface area contributed by atoms with Gasteiger partial charge in [0.1, 0.15) is 6.54 Å². The van der Waals surface area contributed by atoms with Crippen LogP contribution in [0.1, 0.15) is 16.7 Å². The van der Waals surface area contributed by atoms with Crippen molar-refractivity contribution >= 4 is 52.2 Å². The monoisotopic (exact) mass is 599 g/mol. The lowest BCUT2D eigenvalue weighted by Gasteiger charge is -2.13. The Morgan fingerprint density at radius 3 is 2.38 bits per heavy atom. The molecular weight excluding hydrogens is 575 g/mol. The lowest BCUT2D eigenvalue weighted by atomic mass is 10.1. The molecule has 4 rings (SSSR count). The molecule has 1 heterocycles. The average Bonchev–Trinajstić information content (AvgIpc) is 3.21. The number of hydrogen-bond acceptors (Lipinski definition) is 7. The molecular formula is C29H24F3N3O6S. The first-order valence-corrected chi connectivity index (χ1v) is 13.1. The minimum atomic E-state index is -1.77. The Morgan fingerprint density at radius 1 is 0.905 bits per heavy atom. The highest BCUT2D eigenvalue weighted by Gasteiger charge is 2.36. The van der Waals surface area contributed by atoms with Crippen molar-refractivity contribution in [3.63, 3.8) is 0 Å². The molecule has 2 N–H and O–H groups in total. The van der Waals surface area contributed by atoms with Crippen LogP contribution in [0.15, 0.2) is 53.4 Å². The van der Waals surface area contributed by atoms with Crippen molar-refractivity contribution in [1.29, 1.82) is 0 Å². The Labute approximate surface area is 242 Å². The predicted octanol–water partition coefficient (Wildman–Crippen LogP) is 5.42. The molecule has 9 nitrogen and oxygen atoms in total. The molecule has 42 heavy (non-hydrogen) atoms. The normalized spacial score (nSPS) is 13.9. The van der Waals surface area contributed by atoms with E-state index in [9.17, 15) is 32.3 Å². The fourth-order valence-corrected chi connectivity index (χ4v) is 4.63. The topological polar surface area (TPSA) is 114 Å². The van der Waals surface area contributed by atoms with Gasteiger partial charge in [-0.05, 0) is 84.8 Å². The van der Waals surface area contributed by atoms with Crippen molar-refractivity contribution in [1.82, 2.24) is 4.90 Å². The van der Waals surface area contributed by atoms with Crippen molar-refractivity contribution in [3.8, 4) is 11.5 Å². The van der Waals surface area contributed by atoms with E-state index in [0.29, 0.717) is 34.0 Å². The summed E-state index contributed by atoms with van der Waals surface area (Å²) in [5, 5.41) is 4.01. The third-order valence-electron chi connectivity index (χ3n) is 6.12. The molecule has 218 valence electrons.